The van der Waals surface area contributed by atoms with E-state index in [4.69, 9.17) is 23.7 Å². The van der Waals surface area contributed by atoms with Crippen molar-refractivity contribution in [2.45, 2.75) is 314 Å². The molecule has 6 unspecified atom stereocenters. The summed E-state index contributed by atoms with van der Waals surface area (Å²) in [5.41, 5.74) is 0. The van der Waals surface area contributed by atoms with Gasteiger partial charge >= 0.3 is 23.9 Å². The molecule has 1 heterocycles. The van der Waals surface area contributed by atoms with Crippen molar-refractivity contribution < 1.29 is 58.2 Å². The lowest BCUT2D eigenvalue weighted by molar-refractivity contribution is -0.301. The van der Waals surface area contributed by atoms with Crippen LogP contribution >= 0.6 is 0 Å². The molecule has 1 saturated heterocycles. The smallest absolute Gasteiger partial charge is 0.335 e. The van der Waals surface area contributed by atoms with Gasteiger partial charge in [0.1, 0.15) is 18.8 Å². The van der Waals surface area contributed by atoms with Crippen LogP contribution in [0.4, 0.5) is 0 Å². The zero-order valence-electron chi connectivity index (χ0n) is 50.1. The second kappa shape index (κ2) is 54.7. The summed E-state index contributed by atoms with van der Waals surface area (Å²) < 4.78 is 28.5. The third kappa shape index (κ3) is 44.5. The first kappa shape index (κ1) is 73.2. The van der Waals surface area contributed by atoms with Gasteiger partial charge in [-0.15, -0.1) is 0 Å². The molecule has 0 bridgehead atoms. The van der Waals surface area contributed by atoms with E-state index < -0.39 is 67.3 Å². The molecule has 1 fully saturated rings. The average Bonchev–Trinajstić information content (AvgIpc) is 3.47. The van der Waals surface area contributed by atoms with Crippen molar-refractivity contribution in [1.82, 2.24) is 0 Å². The summed E-state index contributed by atoms with van der Waals surface area (Å²) in [5.74, 6) is -3.14. The van der Waals surface area contributed by atoms with Crippen molar-refractivity contribution in [3.8, 4) is 0 Å². The Morgan fingerprint density at radius 1 is 0.418 bits per heavy atom. The number of hydrogen-bond acceptors (Lipinski definition) is 11. The van der Waals surface area contributed by atoms with Crippen LogP contribution < -0.4 is 0 Å². The van der Waals surface area contributed by atoms with Gasteiger partial charge in [0.2, 0.25) is 0 Å². The second-order valence-corrected chi connectivity index (χ2v) is 21.7. The summed E-state index contributed by atoms with van der Waals surface area (Å²) in [4.78, 5) is 51.2. The minimum absolute atomic E-state index is 0.0435. The quantitative estimate of drug-likeness (QED) is 0.0228. The summed E-state index contributed by atoms with van der Waals surface area (Å²) in [5, 5.41) is 31.5. The number of carboxylic acid groups (broad SMARTS) is 1. The van der Waals surface area contributed by atoms with E-state index in [-0.39, 0.29) is 25.9 Å². The Morgan fingerprint density at radius 3 is 1.20 bits per heavy atom. The van der Waals surface area contributed by atoms with Crippen molar-refractivity contribution in [1.29, 1.82) is 0 Å². The maximum Gasteiger partial charge on any atom is 0.335 e. The molecule has 1 aliphatic rings. The van der Waals surface area contributed by atoms with Gasteiger partial charge in [-0.3, -0.25) is 14.4 Å². The highest BCUT2D eigenvalue weighted by molar-refractivity contribution is 5.74. The number of rotatable bonds is 54. The molecule has 6 atom stereocenters. The van der Waals surface area contributed by atoms with Crippen LogP contribution in [0.15, 0.2) is 72.9 Å². The Labute approximate surface area is 480 Å². The number of unbranched alkanes of at least 4 members (excludes halogenated alkanes) is 28. The molecule has 0 aromatic heterocycles. The van der Waals surface area contributed by atoms with E-state index in [1.807, 2.05) is 0 Å². The third-order valence-electron chi connectivity index (χ3n) is 14.2. The molecule has 12 nitrogen and oxygen atoms in total. The SMILES string of the molecule is CCCC/C=C\CCCCCCCC(=O)OC(COC(=O)CCCCCCCCCCC/C=C\C/C=C\CCCCC)COC1OC(C(=O)O)C(O)C(O)C1OC(=O)CCCCCCCC/C=C\C/C=C\C/C=C\CCCCC. The highest BCUT2D eigenvalue weighted by Gasteiger charge is 2.50. The molecule has 454 valence electrons. The van der Waals surface area contributed by atoms with Crippen molar-refractivity contribution in [3.63, 3.8) is 0 Å². The van der Waals surface area contributed by atoms with Crippen LogP contribution in [0, 0.1) is 0 Å². The van der Waals surface area contributed by atoms with Gasteiger partial charge in [0, 0.05) is 19.3 Å². The van der Waals surface area contributed by atoms with Crippen LogP contribution in [0.2, 0.25) is 0 Å². The fraction of sp³-hybridized carbons (Fsp3) is 0.761. The van der Waals surface area contributed by atoms with E-state index in [0.717, 1.165) is 122 Å². The molecular weight excluding hydrogens is 997 g/mol. The molecule has 1 aliphatic heterocycles. The summed E-state index contributed by atoms with van der Waals surface area (Å²) in [6, 6.07) is 0. The molecule has 0 spiro atoms. The van der Waals surface area contributed by atoms with Crippen LogP contribution in [0.3, 0.4) is 0 Å². The van der Waals surface area contributed by atoms with Crippen molar-refractivity contribution in [2.75, 3.05) is 13.2 Å². The third-order valence-corrected chi connectivity index (χ3v) is 14.2. The van der Waals surface area contributed by atoms with Crippen LogP contribution in [-0.2, 0) is 42.9 Å². The fourth-order valence-electron chi connectivity index (χ4n) is 9.27. The summed E-state index contributed by atoms with van der Waals surface area (Å²) in [7, 11) is 0. The largest absolute Gasteiger partial charge is 0.479 e. The predicted octanol–water partition coefficient (Wildman–Crippen LogP) is 16.9. The van der Waals surface area contributed by atoms with Gasteiger partial charge in [-0.25, -0.2) is 4.79 Å². The zero-order valence-corrected chi connectivity index (χ0v) is 50.1. The standard InChI is InChI=1S/C67H114O12/c1-4-7-10-13-16-19-22-24-26-28-30-32-34-36-39-41-44-47-50-53-59(68)75-56-58(77-60(69)54-51-48-45-42-38-21-18-15-12-9-6-3)57-76-67-65(63(72)62(71)64(79-67)66(73)74)78-61(70)55-52-49-46-43-40-37-35-33-31-29-27-25-23-20-17-14-11-8-5-2/h15-20,24-27,31,33,58,62-65,67,71-72H,4-14,21-23,28-30,32,34-57H2,1-3H3,(H,73,74)/b18-15-,19-16-,20-17-,26-24-,27-25-,33-31-. The lowest BCUT2D eigenvalue weighted by Crippen LogP contribution is -2.61. The first-order chi connectivity index (χ1) is 38.6. The van der Waals surface area contributed by atoms with Gasteiger partial charge in [0.15, 0.2) is 24.6 Å². The molecule has 12 heteroatoms. The van der Waals surface area contributed by atoms with E-state index >= 15 is 0 Å². The number of aliphatic carboxylic acids is 1. The number of allylic oxidation sites excluding steroid dienone is 12. The summed E-state index contributed by atoms with van der Waals surface area (Å²) >= 11 is 0. The minimum atomic E-state index is -1.91. The highest BCUT2D eigenvalue weighted by atomic mass is 16.7. The Bertz CT molecular complexity index is 1650. The molecule has 0 aliphatic carbocycles. The first-order valence-corrected chi connectivity index (χ1v) is 31.9. The van der Waals surface area contributed by atoms with Crippen molar-refractivity contribution in [3.05, 3.63) is 72.9 Å². The Hall–Kier alpha value is -3.84. The number of aliphatic hydroxyl groups excluding tert-OH is 2. The zero-order chi connectivity index (χ0) is 57.5. The summed E-state index contributed by atoms with van der Waals surface area (Å²) in [6.07, 6.45) is 57.2. The van der Waals surface area contributed by atoms with Gasteiger partial charge in [-0.05, 0) is 109 Å². The van der Waals surface area contributed by atoms with E-state index in [0.29, 0.717) is 19.3 Å². The lowest BCUT2D eigenvalue weighted by Gasteiger charge is -2.40. The molecule has 0 saturated carbocycles. The molecule has 79 heavy (non-hydrogen) atoms. The molecular formula is C67H114O12. The molecule has 0 aromatic carbocycles. The van der Waals surface area contributed by atoms with Crippen LogP contribution in [0.25, 0.3) is 0 Å². The maximum absolute atomic E-state index is 13.1. The van der Waals surface area contributed by atoms with Crippen LogP contribution in [0.1, 0.15) is 278 Å². The van der Waals surface area contributed by atoms with Crippen molar-refractivity contribution in [2.24, 2.45) is 0 Å². The Kier molecular flexibility index (Phi) is 50.7. The minimum Gasteiger partial charge on any atom is -0.479 e. The van der Waals surface area contributed by atoms with Gasteiger partial charge in [-0.1, -0.05) is 222 Å². The Morgan fingerprint density at radius 2 is 0.772 bits per heavy atom. The normalized spacial score (nSPS) is 18.3. The first-order valence-electron chi connectivity index (χ1n) is 31.9. The summed E-state index contributed by atoms with van der Waals surface area (Å²) in [6.45, 7) is 5.90. The van der Waals surface area contributed by atoms with Crippen molar-refractivity contribution >= 4 is 23.9 Å². The lowest BCUT2D eigenvalue weighted by atomic mass is 9.98. The van der Waals surface area contributed by atoms with Gasteiger partial charge in [0.25, 0.3) is 0 Å². The number of hydrogen-bond donors (Lipinski definition) is 3. The van der Waals surface area contributed by atoms with E-state index in [2.05, 4.69) is 93.7 Å². The molecule has 3 N–H and O–H groups in total. The highest BCUT2D eigenvalue weighted by Crippen LogP contribution is 2.26. The van der Waals surface area contributed by atoms with Gasteiger partial charge < -0.3 is 39.0 Å². The molecule has 0 amide bonds. The van der Waals surface area contributed by atoms with Gasteiger partial charge in [-0.2, -0.15) is 0 Å². The number of carbonyl (C=O) groups excluding carboxylic acids is 3. The van der Waals surface area contributed by atoms with E-state index in [1.54, 1.807) is 0 Å². The molecule has 1 rings (SSSR count). The number of esters is 3. The second-order valence-electron chi connectivity index (χ2n) is 21.7. The van der Waals surface area contributed by atoms with Crippen LogP contribution in [-0.4, -0.2) is 89.2 Å². The monoisotopic (exact) mass is 1110 g/mol. The number of ether oxygens (including phenoxy) is 5. The average molecular weight is 1110 g/mol. The van der Waals surface area contributed by atoms with E-state index in [1.165, 1.54) is 96.3 Å². The number of aliphatic hydroxyl groups is 2. The predicted molar refractivity (Wildman–Crippen MR) is 322 cm³/mol. The Balaban J connectivity index is 2.63. The number of carboxylic acids is 1. The van der Waals surface area contributed by atoms with Crippen LogP contribution in [0.5, 0.6) is 0 Å². The van der Waals surface area contributed by atoms with E-state index in [9.17, 15) is 34.5 Å². The molecule has 0 aromatic rings. The van der Waals surface area contributed by atoms with Gasteiger partial charge in [0.05, 0.1) is 6.61 Å². The topological polar surface area (TPSA) is 175 Å². The number of carbonyl (C=O) groups is 4. The maximum atomic E-state index is 13.1. The fourth-order valence-corrected chi connectivity index (χ4v) is 9.27. The molecule has 0 radical (unpaired) electrons.